The van der Waals surface area contributed by atoms with Gasteiger partial charge >= 0.3 is 0 Å². The Morgan fingerprint density at radius 2 is 1.63 bits per heavy atom. The predicted octanol–water partition coefficient (Wildman–Crippen LogP) is 4.26. The number of carbonyl (C=O) groups is 1. The summed E-state index contributed by atoms with van der Waals surface area (Å²) in [6.45, 7) is 1.78. The molecule has 4 heteroatoms. The molecule has 0 bridgehead atoms. The number of methoxy groups -OCH3 is 1. The SMILES string of the molecule is COc1ccc(CN2CCOC(Cc3cccc(Cc4ccccc4)c3)C2=O)cc1. The Bertz CT molecular complexity index is 969. The van der Waals surface area contributed by atoms with E-state index in [0.29, 0.717) is 26.1 Å². The van der Waals surface area contributed by atoms with Crippen LogP contribution in [0.4, 0.5) is 0 Å². The molecule has 30 heavy (non-hydrogen) atoms. The fraction of sp³-hybridized carbons (Fsp3) is 0.269. The van der Waals surface area contributed by atoms with Gasteiger partial charge in [0.05, 0.1) is 13.7 Å². The van der Waals surface area contributed by atoms with Gasteiger partial charge in [0.1, 0.15) is 11.9 Å². The van der Waals surface area contributed by atoms with E-state index in [4.69, 9.17) is 9.47 Å². The smallest absolute Gasteiger partial charge is 0.252 e. The number of hydrogen-bond acceptors (Lipinski definition) is 3. The summed E-state index contributed by atoms with van der Waals surface area (Å²) >= 11 is 0. The molecule has 1 heterocycles. The van der Waals surface area contributed by atoms with Crippen LogP contribution in [-0.2, 0) is 28.9 Å². The highest BCUT2D eigenvalue weighted by atomic mass is 16.5. The maximum Gasteiger partial charge on any atom is 0.252 e. The lowest BCUT2D eigenvalue weighted by molar-refractivity contribution is -0.153. The maximum atomic E-state index is 13.0. The van der Waals surface area contributed by atoms with Crippen molar-refractivity contribution in [1.29, 1.82) is 0 Å². The van der Waals surface area contributed by atoms with Crippen molar-refractivity contribution in [3.8, 4) is 5.75 Å². The third-order valence-corrected chi connectivity index (χ3v) is 5.46. The molecule has 0 aliphatic carbocycles. The van der Waals surface area contributed by atoms with Crippen molar-refractivity contribution >= 4 is 5.91 Å². The highest BCUT2D eigenvalue weighted by Crippen LogP contribution is 2.19. The predicted molar refractivity (Wildman–Crippen MR) is 118 cm³/mol. The molecule has 0 N–H and O–H groups in total. The first kappa shape index (κ1) is 20.2. The number of benzene rings is 3. The van der Waals surface area contributed by atoms with Crippen LogP contribution < -0.4 is 4.74 Å². The molecule has 3 aromatic carbocycles. The quantitative estimate of drug-likeness (QED) is 0.594. The van der Waals surface area contributed by atoms with Crippen LogP contribution in [0.2, 0.25) is 0 Å². The van der Waals surface area contributed by atoms with Crippen molar-refractivity contribution in [2.45, 2.75) is 25.5 Å². The highest BCUT2D eigenvalue weighted by molar-refractivity contribution is 5.82. The van der Waals surface area contributed by atoms with Crippen molar-refractivity contribution in [3.63, 3.8) is 0 Å². The fourth-order valence-electron chi connectivity index (χ4n) is 3.86. The first-order valence-electron chi connectivity index (χ1n) is 10.4. The first-order chi connectivity index (χ1) is 14.7. The Labute approximate surface area is 178 Å². The zero-order chi connectivity index (χ0) is 20.8. The molecule has 1 amide bonds. The Balaban J connectivity index is 1.40. The van der Waals surface area contributed by atoms with E-state index in [1.54, 1.807) is 7.11 Å². The molecular weight excluding hydrogens is 374 g/mol. The van der Waals surface area contributed by atoms with E-state index in [2.05, 4.69) is 48.5 Å². The Hall–Kier alpha value is -3.11. The zero-order valence-corrected chi connectivity index (χ0v) is 17.3. The van der Waals surface area contributed by atoms with Gasteiger partial charge in [0.25, 0.3) is 5.91 Å². The van der Waals surface area contributed by atoms with Gasteiger partial charge in [0, 0.05) is 19.5 Å². The van der Waals surface area contributed by atoms with Gasteiger partial charge in [-0.25, -0.2) is 0 Å². The highest BCUT2D eigenvalue weighted by Gasteiger charge is 2.29. The lowest BCUT2D eigenvalue weighted by Gasteiger charge is -2.32. The molecule has 0 aromatic heterocycles. The molecule has 1 atom stereocenters. The molecule has 0 spiro atoms. The van der Waals surface area contributed by atoms with E-state index in [0.717, 1.165) is 23.3 Å². The fourth-order valence-corrected chi connectivity index (χ4v) is 3.86. The molecule has 1 unspecified atom stereocenters. The Morgan fingerprint density at radius 3 is 2.40 bits per heavy atom. The Kier molecular flexibility index (Phi) is 6.45. The van der Waals surface area contributed by atoms with Crippen LogP contribution in [-0.4, -0.2) is 37.2 Å². The molecule has 3 aromatic rings. The summed E-state index contributed by atoms with van der Waals surface area (Å²) in [4.78, 5) is 14.9. The van der Waals surface area contributed by atoms with Gasteiger partial charge in [-0.1, -0.05) is 66.7 Å². The molecule has 1 aliphatic rings. The van der Waals surface area contributed by atoms with Gasteiger partial charge in [-0.05, 0) is 40.8 Å². The minimum absolute atomic E-state index is 0.0607. The standard InChI is InChI=1S/C26H27NO3/c1-29-24-12-10-21(11-13-24)19-27-14-15-30-25(26(27)28)18-23-9-5-8-22(17-23)16-20-6-3-2-4-7-20/h2-13,17,25H,14-16,18-19H2,1H3. The molecule has 4 rings (SSSR count). The number of ether oxygens (including phenoxy) is 2. The molecule has 4 nitrogen and oxygen atoms in total. The number of hydrogen-bond donors (Lipinski definition) is 0. The maximum absolute atomic E-state index is 13.0. The summed E-state index contributed by atoms with van der Waals surface area (Å²) < 4.78 is 11.1. The van der Waals surface area contributed by atoms with E-state index in [1.807, 2.05) is 35.2 Å². The summed E-state index contributed by atoms with van der Waals surface area (Å²) in [5, 5.41) is 0. The van der Waals surface area contributed by atoms with Crippen LogP contribution in [0.25, 0.3) is 0 Å². The second-order valence-electron chi connectivity index (χ2n) is 7.65. The number of nitrogens with zero attached hydrogens (tertiary/aromatic N) is 1. The van der Waals surface area contributed by atoms with E-state index in [9.17, 15) is 4.79 Å². The van der Waals surface area contributed by atoms with Gasteiger partial charge in [0.15, 0.2) is 0 Å². The second-order valence-corrected chi connectivity index (χ2v) is 7.65. The molecule has 1 aliphatic heterocycles. The van der Waals surface area contributed by atoms with Crippen LogP contribution in [0.3, 0.4) is 0 Å². The number of rotatable bonds is 7. The summed E-state index contributed by atoms with van der Waals surface area (Å²) in [7, 11) is 1.65. The largest absolute Gasteiger partial charge is 0.497 e. The first-order valence-corrected chi connectivity index (χ1v) is 10.4. The van der Waals surface area contributed by atoms with E-state index in [1.165, 1.54) is 11.1 Å². The molecule has 154 valence electrons. The van der Waals surface area contributed by atoms with Crippen molar-refractivity contribution in [2.24, 2.45) is 0 Å². The van der Waals surface area contributed by atoms with Crippen molar-refractivity contribution < 1.29 is 14.3 Å². The van der Waals surface area contributed by atoms with Crippen LogP contribution in [0.5, 0.6) is 5.75 Å². The van der Waals surface area contributed by atoms with E-state index >= 15 is 0 Å². The number of amides is 1. The molecule has 0 saturated carbocycles. The van der Waals surface area contributed by atoms with E-state index < -0.39 is 6.10 Å². The third kappa shape index (κ3) is 5.08. The monoisotopic (exact) mass is 401 g/mol. The zero-order valence-electron chi connectivity index (χ0n) is 17.3. The van der Waals surface area contributed by atoms with Crippen LogP contribution in [0.1, 0.15) is 22.3 Å². The Morgan fingerprint density at radius 1 is 0.900 bits per heavy atom. The van der Waals surface area contributed by atoms with Crippen molar-refractivity contribution in [3.05, 3.63) is 101 Å². The van der Waals surface area contributed by atoms with Crippen molar-refractivity contribution in [1.82, 2.24) is 4.90 Å². The average Bonchev–Trinajstić information content (AvgIpc) is 2.78. The molecule has 1 fully saturated rings. The third-order valence-electron chi connectivity index (χ3n) is 5.46. The van der Waals surface area contributed by atoms with Crippen LogP contribution in [0, 0.1) is 0 Å². The van der Waals surface area contributed by atoms with Gasteiger partial charge < -0.3 is 14.4 Å². The molecule has 0 radical (unpaired) electrons. The number of carbonyl (C=O) groups excluding carboxylic acids is 1. The van der Waals surface area contributed by atoms with Crippen molar-refractivity contribution in [2.75, 3.05) is 20.3 Å². The average molecular weight is 402 g/mol. The topological polar surface area (TPSA) is 38.8 Å². The summed E-state index contributed by atoms with van der Waals surface area (Å²) in [5.74, 6) is 0.880. The summed E-state index contributed by atoms with van der Waals surface area (Å²) in [6, 6.07) is 26.7. The lowest BCUT2D eigenvalue weighted by atomic mass is 9.99. The summed E-state index contributed by atoms with van der Waals surface area (Å²) in [6.07, 6.45) is 1.06. The van der Waals surface area contributed by atoms with Gasteiger partial charge in [0.2, 0.25) is 0 Å². The summed E-state index contributed by atoms with van der Waals surface area (Å²) in [5.41, 5.74) is 4.75. The number of morpholine rings is 1. The molecule has 1 saturated heterocycles. The normalized spacial score (nSPS) is 16.5. The van der Waals surface area contributed by atoms with E-state index in [-0.39, 0.29) is 5.91 Å². The molecular formula is C26H27NO3. The second kappa shape index (κ2) is 9.59. The van der Waals surface area contributed by atoms with Crippen LogP contribution >= 0.6 is 0 Å². The van der Waals surface area contributed by atoms with Crippen LogP contribution in [0.15, 0.2) is 78.9 Å². The van der Waals surface area contributed by atoms with Gasteiger partial charge in [-0.3, -0.25) is 4.79 Å². The minimum Gasteiger partial charge on any atom is -0.497 e. The minimum atomic E-state index is -0.427. The van der Waals surface area contributed by atoms with Gasteiger partial charge in [-0.15, -0.1) is 0 Å². The lowest BCUT2D eigenvalue weighted by Crippen LogP contribution is -2.48. The van der Waals surface area contributed by atoms with Gasteiger partial charge in [-0.2, -0.15) is 0 Å².